The summed E-state index contributed by atoms with van der Waals surface area (Å²) in [5, 5.41) is 0. The molecule has 1 aliphatic rings. The number of hydrogen-bond acceptors (Lipinski definition) is 4. The van der Waals surface area contributed by atoms with Gasteiger partial charge in [0, 0.05) is 20.1 Å². The van der Waals surface area contributed by atoms with Gasteiger partial charge in [-0.15, -0.1) is 0 Å². The van der Waals surface area contributed by atoms with Crippen molar-refractivity contribution in [2.24, 2.45) is 0 Å². The van der Waals surface area contributed by atoms with Crippen LogP contribution in [0.3, 0.4) is 0 Å². The summed E-state index contributed by atoms with van der Waals surface area (Å²) in [5.41, 5.74) is 0. The summed E-state index contributed by atoms with van der Waals surface area (Å²) >= 11 is 0. The Bertz CT molecular complexity index is 377. The van der Waals surface area contributed by atoms with Gasteiger partial charge in [0.2, 0.25) is 0 Å². The molecule has 18 heavy (non-hydrogen) atoms. The summed E-state index contributed by atoms with van der Waals surface area (Å²) in [5.74, 6) is 0.750. The third-order valence-electron chi connectivity index (χ3n) is 3.14. The minimum Gasteiger partial charge on any atom is -0.798 e. The molecule has 1 atom stereocenters. The fourth-order valence-corrected chi connectivity index (χ4v) is 3.81. The maximum atomic E-state index is 11.9. The number of likely N-dealkylation sites (tertiary alicyclic amines) is 1. The average molecular weight is 279 g/mol. The molecule has 0 aliphatic carbocycles. The molecule has 0 spiro atoms. The van der Waals surface area contributed by atoms with Crippen LogP contribution in [0.2, 0.25) is 0 Å². The molecule has 0 N–H and O–H groups in total. The van der Waals surface area contributed by atoms with E-state index in [2.05, 4.69) is 4.90 Å². The van der Waals surface area contributed by atoms with Gasteiger partial charge in [-0.1, -0.05) is 6.42 Å². The topological polar surface area (TPSA) is 56.5 Å². The summed E-state index contributed by atoms with van der Waals surface area (Å²) in [4.78, 5) is 14.0. The van der Waals surface area contributed by atoms with E-state index in [9.17, 15) is 9.46 Å². The number of nitrogens with zero attached hydrogens (tertiary/aromatic N) is 1. The van der Waals surface area contributed by atoms with Crippen molar-refractivity contribution < 1.29 is 43.4 Å². The Morgan fingerprint density at radius 1 is 1.33 bits per heavy atom. The van der Waals surface area contributed by atoms with Crippen LogP contribution in [0.4, 0.5) is 0 Å². The maximum Gasteiger partial charge on any atom is 1.00 e. The van der Waals surface area contributed by atoms with Crippen molar-refractivity contribution in [3.63, 3.8) is 0 Å². The summed E-state index contributed by atoms with van der Waals surface area (Å²) < 4.78 is 17.1. The van der Waals surface area contributed by atoms with Crippen LogP contribution in [0.1, 0.15) is 25.0 Å². The predicted octanol–water partition coefficient (Wildman–Crippen LogP) is -1.09. The first kappa shape index (κ1) is 16.5. The first-order valence-electron chi connectivity index (χ1n) is 6.20. The molecule has 0 aromatic carbocycles. The molecule has 2 heterocycles. The van der Waals surface area contributed by atoms with E-state index in [0.29, 0.717) is 6.42 Å². The Kier molecular flexibility index (Phi) is 7.22. The SMILES string of the molecule is O=P([O-])(CCc1ccco1)CN1CCCCC1.[Na+]. The van der Waals surface area contributed by atoms with Gasteiger partial charge in [0.05, 0.1) is 6.26 Å². The fraction of sp³-hybridized carbons (Fsp3) is 0.667. The standard InChI is InChI=1S/C12H20NO3P.Na/c14-17(15,10-6-12-5-4-9-16-12)11-13-7-2-1-3-8-13;/h4-5,9H,1-3,6-8,10-11H2,(H,14,15);/q;+1/p-1. The molecular formula is C12H19NNaO3P. The molecule has 1 aromatic heterocycles. The number of furan rings is 1. The number of hydrogen-bond donors (Lipinski definition) is 0. The monoisotopic (exact) mass is 279 g/mol. The van der Waals surface area contributed by atoms with Gasteiger partial charge in [-0.05, 0) is 44.2 Å². The van der Waals surface area contributed by atoms with Gasteiger partial charge in [-0.3, -0.25) is 4.90 Å². The first-order chi connectivity index (χ1) is 8.16. The Hall–Kier alpha value is 0.430. The van der Waals surface area contributed by atoms with Gasteiger partial charge >= 0.3 is 29.6 Å². The van der Waals surface area contributed by atoms with Crippen molar-refractivity contribution in [2.45, 2.75) is 25.7 Å². The molecule has 0 radical (unpaired) electrons. The molecule has 6 heteroatoms. The number of rotatable bonds is 5. The summed E-state index contributed by atoms with van der Waals surface area (Å²) in [6.07, 6.45) is 5.98. The average Bonchev–Trinajstić information content (AvgIpc) is 2.80. The van der Waals surface area contributed by atoms with Gasteiger partial charge in [-0.2, -0.15) is 0 Å². The van der Waals surface area contributed by atoms with E-state index in [-0.39, 0.29) is 42.0 Å². The zero-order valence-electron chi connectivity index (χ0n) is 11.0. The van der Waals surface area contributed by atoms with E-state index in [1.807, 2.05) is 6.07 Å². The number of aryl methyl sites for hydroxylation is 1. The van der Waals surface area contributed by atoms with Crippen LogP contribution in [-0.2, 0) is 11.0 Å². The van der Waals surface area contributed by atoms with E-state index in [1.54, 1.807) is 12.3 Å². The summed E-state index contributed by atoms with van der Waals surface area (Å²) in [6, 6.07) is 3.61. The molecule has 4 nitrogen and oxygen atoms in total. The van der Waals surface area contributed by atoms with Crippen LogP contribution in [0.5, 0.6) is 0 Å². The second kappa shape index (κ2) is 7.88. The van der Waals surface area contributed by atoms with E-state index in [4.69, 9.17) is 4.42 Å². The van der Waals surface area contributed by atoms with E-state index < -0.39 is 7.37 Å². The van der Waals surface area contributed by atoms with Crippen molar-refractivity contribution in [1.29, 1.82) is 0 Å². The largest absolute Gasteiger partial charge is 1.00 e. The van der Waals surface area contributed by atoms with Crippen LogP contribution in [0.15, 0.2) is 22.8 Å². The van der Waals surface area contributed by atoms with Crippen molar-refractivity contribution >= 4 is 7.37 Å². The van der Waals surface area contributed by atoms with E-state index in [0.717, 1.165) is 31.7 Å². The number of piperidine rings is 1. The Morgan fingerprint density at radius 2 is 2.06 bits per heavy atom. The second-order valence-electron chi connectivity index (χ2n) is 4.69. The van der Waals surface area contributed by atoms with Gasteiger partial charge in [0.15, 0.2) is 0 Å². The minimum absolute atomic E-state index is 0. The smallest absolute Gasteiger partial charge is 0.798 e. The van der Waals surface area contributed by atoms with Gasteiger partial charge in [0.1, 0.15) is 5.76 Å². The van der Waals surface area contributed by atoms with E-state index in [1.165, 1.54) is 6.42 Å². The first-order valence-corrected chi connectivity index (χ1v) is 8.19. The molecule has 1 saturated heterocycles. The maximum absolute atomic E-state index is 11.9. The van der Waals surface area contributed by atoms with Crippen LogP contribution in [-0.4, -0.2) is 30.4 Å². The third kappa shape index (κ3) is 5.60. The summed E-state index contributed by atoms with van der Waals surface area (Å²) in [7, 11) is -3.29. The molecule has 1 aliphatic heterocycles. The van der Waals surface area contributed by atoms with Crippen LogP contribution in [0, 0.1) is 0 Å². The predicted molar refractivity (Wildman–Crippen MR) is 65.2 cm³/mol. The molecule has 96 valence electrons. The van der Waals surface area contributed by atoms with Crippen molar-refractivity contribution in [2.75, 3.05) is 25.5 Å². The Labute approximate surface area is 130 Å². The summed E-state index contributed by atoms with van der Waals surface area (Å²) in [6.45, 7) is 1.85. The Balaban J connectivity index is 0.00000162. The van der Waals surface area contributed by atoms with Gasteiger partial charge in [-0.25, -0.2) is 0 Å². The molecule has 1 unspecified atom stereocenters. The van der Waals surface area contributed by atoms with Crippen LogP contribution >= 0.6 is 7.37 Å². The molecule has 0 amide bonds. The molecule has 0 saturated carbocycles. The van der Waals surface area contributed by atoms with Gasteiger partial charge in [0.25, 0.3) is 0 Å². The van der Waals surface area contributed by atoms with Crippen molar-refractivity contribution in [3.05, 3.63) is 24.2 Å². The van der Waals surface area contributed by atoms with Crippen LogP contribution < -0.4 is 34.5 Å². The van der Waals surface area contributed by atoms with Crippen molar-refractivity contribution in [1.82, 2.24) is 4.90 Å². The van der Waals surface area contributed by atoms with Gasteiger partial charge < -0.3 is 13.9 Å². The zero-order valence-corrected chi connectivity index (χ0v) is 13.9. The Morgan fingerprint density at radius 3 is 2.67 bits per heavy atom. The molecule has 1 fully saturated rings. The van der Waals surface area contributed by atoms with Crippen molar-refractivity contribution in [3.8, 4) is 0 Å². The molecule has 1 aromatic rings. The van der Waals surface area contributed by atoms with E-state index >= 15 is 0 Å². The van der Waals surface area contributed by atoms with Crippen LogP contribution in [0.25, 0.3) is 0 Å². The molecule has 2 rings (SSSR count). The quantitative estimate of drug-likeness (QED) is 0.507. The third-order valence-corrected chi connectivity index (χ3v) is 4.88. The normalized spacial score (nSPS) is 20.1. The molecule has 0 bridgehead atoms. The second-order valence-corrected chi connectivity index (χ2v) is 7.05. The fourth-order valence-electron chi connectivity index (χ4n) is 2.21. The minimum atomic E-state index is -3.29. The molecular weight excluding hydrogens is 260 g/mol. The zero-order chi connectivity index (χ0) is 12.1.